The number of rotatable bonds is 11. The predicted octanol–water partition coefficient (Wildman–Crippen LogP) is 3.16. The Morgan fingerprint density at radius 1 is 1.20 bits per heavy atom. The van der Waals surface area contributed by atoms with E-state index in [9.17, 15) is 9.59 Å². The van der Waals surface area contributed by atoms with E-state index in [1.807, 2.05) is 18.2 Å². The zero-order valence-corrected chi connectivity index (χ0v) is 17.7. The number of carbonyl (C=O) groups is 2. The van der Waals surface area contributed by atoms with E-state index in [1.54, 1.807) is 0 Å². The Bertz CT molecular complexity index is 700. The zero-order chi connectivity index (χ0) is 20.8. The number of Topliss-reactive ketones (excluding diaryl/α,β-unsaturated/α-hetero) is 1. The van der Waals surface area contributed by atoms with E-state index in [1.165, 1.54) is 12.8 Å². The van der Waals surface area contributed by atoms with Crippen LogP contribution in [0.4, 0.5) is 0 Å². The summed E-state index contributed by atoms with van der Waals surface area (Å²) in [6, 6.07) is 10.0. The number of ketones is 1. The molecule has 3 fully saturated rings. The maximum Gasteiger partial charge on any atom is 0.230 e. The SMILES string of the molecule is O=C(CC(CCC1CC1)NOC1CCCCO1)C1C(=O)NCC1Cc1ccccc1. The molecule has 2 heterocycles. The number of hydrogen-bond acceptors (Lipinski definition) is 5. The van der Waals surface area contributed by atoms with E-state index in [4.69, 9.17) is 9.57 Å². The van der Waals surface area contributed by atoms with Gasteiger partial charge < -0.3 is 10.1 Å². The van der Waals surface area contributed by atoms with Crippen LogP contribution in [0.1, 0.15) is 56.9 Å². The monoisotopic (exact) mass is 414 g/mol. The highest BCUT2D eigenvalue weighted by Gasteiger charge is 2.40. The molecule has 2 aliphatic heterocycles. The lowest BCUT2D eigenvalue weighted by Crippen LogP contribution is -2.39. The Balaban J connectivity index is 1.34. The standard InChI is InChI=1S/C24H34N2O4/c27-21(23-19(16-25-24(23)28)14-18-6-2-1-3-7-18)15-20(12-11-17-9-10-17)26-30-22-8-4-5-13-29-22/h1-3,6-7,17,19-20,22-23,26H,4-5,8-16H2,(H,25,28). The van der Waals surface area contributed by atoms with Gasteiger partial charge >= 0.3 is 0 Å². The fourth-order valence-corrected chi connectivity index (χ4v) is 4.58. The molecule has 2 saturated heterocycles. The van der Waals surface area contributed by atoms with Gasteiger partial charge in [-0.05, 0) is 49.5 Å². The Labute approximate surface area is 179 Å². The van der Waals surface area contributed by atoms with E-state index in [2.05, 4.69) is 22.9 Å². The van der Waals surface area contributed by atoms with Gasteiger partial charge in [-0.15, -0.1) is 0 Å². The van der Waals surface area contributed by atoms with Crippen LogP contribution in [0.2, 0.25) is 0 Å². The van der Waals surface area contributed by atoms with Gasteiger partial charge in [0.1, 0.15) is 11.7 Å². The van der Waals surface area contributed by atoms with Crippen LogP contribution < -0.4 is 10.8 Å². The average Bonchev–Trinajstić information content (AvgIpc) is 3.53. The summed E-state index contributed by atoms with van der Waals surface area (Å²) in [7, 11) is 0. The molecule has 1 aromatic rings. The zero-order valence-electron chi connectivity index (χ0n) is 17.7. The molecule has 164 valence electrons. The van der Waals surface area contributed by atoms with Gasteiger partial charge in [-0.2, -0.15) is 5.48 Å². The maximum absolute atomic E-state index is 13.2. The second kappa shape index (κ2) is 10.5. The molecule has 1 amide bonds. The van der Waals surface area contributed by atoms with Crippen molar-refractivity contribution in [3.63, 3.8) is 0 Å². The minimum Gasteiger partial charge on any atom is -0.355 e. The number of hydroxylamine groups is 1. The summed E-state index contributed by atoms with van der Waals surface area (Å²) < 4.78 is 5.64. The Hall–Kier alpha value is -1.76. The highest BCUT2D eigenvalue weighted by Crippen LogP contribution is 2.34. The normalized spacial score (nSPS) is 27.6. The van der Waals surface area contributed by atoms with Crippen LogP contribution in [-0.4, -0.2) is 37.2 Å². The molecule has 1 saturated carbocycles. The van der Waals surface area contributed by atoms with Gasteiger partial charge in [-0.25, -0.2) is 0 Å². The highest BCUT2D eigenvalue weighted by atomic mass is 16.8. The van der Waals surface area contributed by atoms with Crippen molar-refractivity contribution in [2.24, 2.45) is 17.8 Å². The van der Waals surface area contributed by atoms with Crippen LogP contribution in [0.5, 0.6) is 0 Å². The maximum atomic E-state index is 13.2. The smallest absolute Gasteiger partial charge is 0.230 e. The van der Waals surface area contributed by atoms with Crippen LogP contribution in [0.15, 0.2) is 30.3 Å². The lowest BCUT2D eigenvalue weighted by atomic mass is 9.84. The third-order valence-electron chi connectivity index (χ3n) is 6.55. The molecule has 4 unspecified atom stereocenters. The van der Waals surface area contributed by atoms with Gasteiger partial charge in [0.05, 0.1) is 0 Å². The fourth-order valence-electron chi connectivity index (χ4n) is 4.58. The highest BCUT2D eigenvalue weighted by molar-refractivity contribution is 6.03. The number of nitrogens with one attached hydrogen (secondary N) is 2. The van der Waals surface area contributed by atoms with Crippen molar-refractivity contribution in [1.82, 2.24) is 10.8 Å². The molecule has 30 heavy (non-hydrogen) atoms. The molecule has 3 aliphatic rings. The number of amides is 1. The lowest BCUT2D eigenvalue weighted by Gasteiger charge is -2.26. The summed E-state index contributed by atoms with van der Waals surface area (Å²) in [5, 5.41) is 2.91. The topological polar surface area (TPSA) is 76.7 Å². The first-order valence-electron chi connectivity index (χ1n) is 11.6. The first-order chi connectivity index (χ1) is 14.7. The first-order valence-corrected chi connectivity index (χ1v) is 11.6. The molecule has 6 heteroatoms. The Morgan fingerprint density at radius 3 is 2.77 bits per heavy atom. The van der Waals surface area contributed by atoms with Gasteiger partial charge in [0.25, 0.3) is 0 Å². The Kier molecular flexibility index (Phi) is 7.52. The summed E-state index contributed by atoms with van der Waals surface area (Å²) in [5.41, 5.74) is 4.29. The van der Waals surface area contributed by atoms with Crippen molar-refractivity contribution in [3.05, 3.63) is 35.9 Å². The quantitative estimate of drug-likeness (QED) is 0.430. The van der Waals surface area contributed by atoms with E-state index in [-0.39, 0.29) is 29.9 Å². The molecule has 0 radical (unpaired) electrons. The van der Waals surface area contributed by atoms with Crippen molar-refractivity contribution in [1.29, 1.82) is 0 Å². The van der Waals surface area contributed by atoms with Crippen molar-refractivity contribution >= 4 is 11.7 Å². The van der Waals surface area contributed by atoms with Crippen molar-refractivity contribution in [2.45, 2.75) is 70.1 Å². The first kappa shape index (κ1) is 21.5. The number of carbonyl (C=O) groups excluding carboxylic acids is 2. The summed E-state index contributed by atoms with van der Waals surface area (Å²) in [5.74, 6) is 0.127. The number of benzene rings is 1. The van der Waals surface area contributed by atoms with Crippen molar-refractivity contribution in [3.8, 4) is 0 Å². The van der Waals surface area contributed by atoms with Gasteiger partial charge in [0, 0.05) is 32.0 Å². The average molecular weight is 415 g/mol. The second-order valence-corrected chi connectivity index (χ2v) is 9.09. The summed E-state index contributed by atoms with van der Waals surface area (Å²) in [4.78, 5) is 31.5. The summed E-state index contributed by atoms with van der Waals surface area (Å²) in [6.07, 6.45) is 8.44. The molecular formula is C24H34N2O4. The molecule has 2 N–H and O–H groups in total. The molecular weight excluding hydrogens is 380 g/mol. The van der Waals surface area contributed by atoms with E-state index >= 15 is 0 Å². The molecule has 0 spiro atoms. The summed E-state index contributed by atoms with van der Waals surface area (Å²) >= 11 is 0. The van der Waals surface area contributed by atoms with Crippen molar-refractivity contribution in [2.75, 3.05) is 13.2 Å². The van der Waals surface area contributed by atoms with Gasteiger partial charge in [-0.3, -0.25) is 14.4 Å². The minimum absolute atomic E-state index is 0.0130. The van der Waals surface area contributed by atoms with Crippen molar-refractivity contribution < 1.29 is 19.2 Å². The molecule has 6 nitrogen and oxygen atoms in total. The predicted molar refractivity (Wildman–Crippen MR) is 113 cm³/mol. The van der Waals surface area contributed by atoms with Crippen LogP contribution >= 0.6 is 0 Å². The third-order valence-corrected chi connectivity index (χ3v) is 6.55. The van der Waals surface area contributed by atoms with E-state index in [0.717, 1.165) is 56.6 Å². The molecule has 4 atom stereocenters. The molecule has 0 aromatic heterocycles. The third kappa shape index (κ3) is 6.13. The number of ether oxygens (including phenoxy) is 1. The van der Waals surface area contributed by atoms with E-state index < -0.39 is 5.92 Å². The molecule has 1 aromatic carbocycles. The van der Waals surface area contributed by atoms with Gasteiger partial charge in [0.15, 0.2) is 6.29 Å². The summed E-state index contributed by atoms with van der Waals surface area (Å²) in [6.45, 7) is 1.29. The van der Waals surface area contributed by atoms with Gasteiger partial charge in [0.2, 0.25) is 5.91 Å². The minimum atomic E-state index is -0.568. The van der Waals surface area contributed by atoms with Crippen LogP contribution in [0.3, 0.4) is 0 Å². The van der Waals surface area contributed by atoms with Gasteiger partial charge in [-0.1, -0.05) is 43.2 Å². The van der Waals surface area contributed by atoms with Crippen LogP contribution in [0, 0.1) is 17.8 Å². The lowest BCUT2D eigenvalue weighted by molar-refractivity contribution is -0.204. The second-order valence-electron chi connectivity index (χ2n) is 9.09. The fraction of sp³-hybridized carbons (Fsp3) is 0.667. The van der Waals surface area contributed by atoms with Crippen LogP contribution in [-0.2, 0) is 25.6 Å². The largest absolute Gasteiger partial charge is 0.355 e. The van der Waals surface area contributed by atoms with E-state index in [0.29, 0.717) is 13.0 Å². The molecule has 0 bridgehead atoms. The molecule has 1 aliphatic carbocycles. The molecule has 4 rings (SSSR count). The Morgan fingerprint density at radius 2 is 2.03 bits per heavy atom. The van der Waals surface area contributed by atoms with Crippen LogP contribution in [0.25, 0.3) is 0 Å². The number of hydrogen-bond donors (Lipinski definition) is 2.